The lowest BCUT2D eigenvalue weighted by molar-refractivity contribution is -0.120. The van der Waals surface area contributed by atoms with Crippen LogP contribution in [0.5, 0.6) is 0 Å². The normalized spacial score (nSPS) is 20.0. The van der Waals surface area contributed by atoms with Gasteiger partial charge >= 0.3 is 5.97 Å². The van der Waals surface area contributed by atoms with Crippen LogP contribution in [0.4, 0.5) is 0 Å². The van der Waals surface area contributed by atoms with E-state index in [1.54, 1.807) is 30.0 Å². The van der Waals surface area contributed by atoms with Crippen LogP contribution in [0.15, 0.2) is 29.2 Å². The van der Waals surface area contributed by atoms with Gasteiger partial charge in [-0.05, 0) is 31.0 Å². The van der Waals surface area contributed by atoms with Crippen molar-refractivity contribution in [3.8, 4) is 0 Å². The van der Waals surface area contributed by atoms with Crippen molar-refractivity contribution in [2.45, 2.75) is 29.4 Å². The van der Waals surface area contributed by atoms with Crippen LogP contribution in [0.1, 0.15) is 29.6 Å². The minimum atomic E-state index is -0.920. The predicted molar refractivity (Wildman–Crippen MR) is 69.9 cm³/mol. The third-order valence-corrected chi connectivity index (χ3v) is 4.08. The van der Waals surface area contributed by atoms with E-state index in [9.17, 15) is 9.59 Å². The maximum Gasteiger partial charge on any atom is 0.335 e. The molecule has 1 aromatic carbocycles. The van der Waals surface area contributed by atoms with E-state index in [2.05, 4.69) is 5.32 Å². The zero-order valence-corrected chi connectivity index (χ0v) is 10.7. The maximum atomic E-state index is 11.4. The van der Waals surface area contributed by atoms with Crippen molar-refractivity contribution in [2.75, 3.05) is 6.54 Å². The predicted octanol–water partition coefficient (Wildman–Crippen LogP) is 2.15. The van der Waals surface area contributed by atoms with Crippen LogP contribution in [0, 0.1) is 0 Å². The number of amides is 1. The van der Waals surface area contributed by atoms with E-state index in [0.717, 1.165) is 24.3 Å². The molecule has 18 heavy (non-hydrogen) atoms. The number of thioether (sulfide) groups is 1. The third-order valence-electron chi connectivity index (χ3n) is 2.82. The molecule has 0 spiro atoms. The molecular formula is C13H15NO3S. The van der Waals surface area contributed by atoms with Gasteiger partial charge in [0.15, 0.2) is 0 Å². The van der Waals surface area contributed by atoms with Gasteiger partial charge in [-0.15, -0.1) is 11.8 Å². The van der Waals surface area contributed by atoms with Gasteiger partial charge in [-0.3, -0.25) is 4.79 Å². The molecule has 96 valence electrons. The molecule has 1 aliphatic heterocycles. The first-order valence-electron chi connectivity index (χ1n) is 5.92. The number of hydrogen-bond donors (Lipinski definition) is 2. The summed E-state index contributed by atoms with van der Waals surface area (Å²) in [6, 6.07) is 6.87. The van der Waals surface area contributed by atoms with E-state index in [4.69, 9.17) is 5.11 Å². The molecular weight excluding hydrogens is 250 g/mol. The molecule has 0 bridgehead atoms. The highest BCUT2D eigenvalue weighted by Crippen LogP contribution is 2.29. The first-order chi connectivity index (χ1) is 8.65. The smallest absolute Gasteiger partial charge is 0.335 e. The van der Waals surface area contributed by atoms with E-state index in [1.165, 1.54) is 0 Å². The Labute approximate surface area is 110 Å². The second kappa shape index (κ2) is 5.91. The van der Waals surface area contributed by atoms with E-state index >= 15 is 0 Å². The molecule has 1 saturated heterocycles. The highest BCUT2D eigenvalue weighted by molar-refractivity contribution is 8.00. The summed E-state index contributed by atoms with van der Waals surface area (Å²) in [5.41, 5.74) is 0.290. The summed E-state index contributed by atoms with van der Waals surface area (Å²) in [5, 5.41) is 12.0. The van der Waals surface area contributed by atoms with Gasteiger partial charge in [0, 0.05) is 23.1 Å². The van der Waals surface area contributed by atoms with Gasteiger partial charge in [0.2, 0.25) is 5.91 Å². The minimum absolute atomic E-state index is 0.0828. The molecule has 0 aliphatic carbocycles. The molecule has 1 fully saturated rings. The molecule has 0 saturated carbocycles. The van der Waals surface area contributed by atoms with Crippen LogP contribution >= 0.6 is 11.8 Å². The number of carbonyl (C=O) groups excluding carboxylic acids is 1. The van der Waals surface area contributed by atoms with Crippen LogP contribution in [-0.2, 0) is 4.79 Å². The molecule has 2 rings (SSSR count). The molecule has 4 nitrogen and oxygen atoms in total. The Morgan fingerprint density at radius 1 is 1.44 bits per heavy atom. The molecule has 1 atom stereocenters. The molecule has 0 aromatic heterocycles. The first kappa shape index (κ1) is 13.0. The molecule has 1 amide bonds. The largest absolute Gasteiger partial charge is 0.478 e. The Morgan fingerprint density at radius 3 is 3.06 bits per heavy atom. The van der Waals surface area contributed by atoms with E-state index in [0.29, 0.717) is 6.42 Å². The van der Waals surface area contributed by atoms with Crippen molar-refractivity contribution >= 4 is 23.6 Å². The molecule has 2 N–H and O–H groups in total. The summed E-state index contributed by atoms with van der Waals surface area (Å²) in [4.78, 5) is 23.2. The monoisotopic (exact) mass is 265 g/mol. The van der Waals surface area contributed by atoms with Crippen LogP contribution in [0.3, 0.4) is 0 Å². The van der Waals surface area contributed by atoms with Crippen LogP contribution < -0.4 is 5.32 Å². The van der Waals surface area contributed by atoms with Crippen molar-refractivity contribution < 1.29 is 14.7 Å². The summed E-state index contributed by atoms with van der Waals surface area (Å²) in [6.45, 7) is 0.741. The number of carbonyl (C=O) groups is 2. The van der Waals surface area contributed by atoms with Crippen molar-refractivity contribution in [1.29, 1.82) is 0 Å². The summed E-state index contributed by atoms with van der Waals surface area (Å²) in [7, 11) is 0. The Morgan fingerprint density at radius 2 is 2.28 bits per heavy atom. The van der Waals surface area contributed by atoms with Crippen LogP contribution in [-0.4, -0.2) is 28.8 Å². The van der Waals surface area contributed by atoms with E-state index < -0.39 is 5.97 Å². The summed E-state index contributed by atoms with van der Waals surface area (Å²) < 4.78 is 0. The number of rotatable bonds is 3. The number of carboxylic acid groups (broad SMARTS) is 1. The summed E-state index contributed by atoms with van der Waals surface area (Å²) >= 11 is 1.59. The molecule has 1 heterocycles. The molecule has 5 heteroatoms. The van der Waals surface area contributed by atoms with Gasteiger partial charge in [0.1, 0.15) is 0 Å². The molecule has 1 unspecified atom stereocenters. The fourth-order valence-corrected chi connectivity index (χ4v) is 3.19. The standard InChI is InChI=1S/C13H15NO3S/c15-12-8-11(5-2-6-14-12)18-10-4-1-3-9(7-10)13(16)17/h1,3-4,7,11H,2,5-6,8H2,(H,14,15)(H,16,17). The highest BCUT2D eigenvalue weighted by atomic mass is 32.2. The first-order valence-corrected chi connectivity index (χ1v) is 6.80. The van der Waals surface area contributed by atoms with Gasteiger partial charge < -0.3 is 10.4 Å². The van der Waals surface area contributed by atoms with Gasteiger partial charge in [-0.2, -0.15) is 0 Å². The number of nitrogens with one attached hydrogen (secondary N) is 1. The van der Waals surface area contributed by atoms with Crippen LogP contribution in [0.2, 0.25) is 0 Å². The Bertz CT molecular complexity index is 461. The van der Waals surface area contributed by atoms with Crippen LogP contribution in [0.25, 0.3) is 0 Å². The zero-order valence-electron chi connectivity index (χ0n) is 9.89. The topological polar surface area (TPSA) is 66.4 Å². The lowest BCUT2D eigenvalue weighted by Crippen LogP contribution is -2.22. The number of carboxylic acids is 1. The lowest BCUT2D eigenvalue weighted by atomic mass is 10.2. The van der Waals surface area contributed by atoms with Gasteiger partial charge in [-0.25, -0.2) is 4.79 Å². The fraction of sp³-hybridized carbons (Fsp3) is 0.385. The second-order valence-corrected chi connectivity index (χ2v) is 5.64. The number of hydrogen-bond acceptors (Lipinski definition) is 3. The summed E-state index contributed by atoms with van der Waals surface area (Å²) in [5.74, 6) is -0.838. The second-order valence-electron chi connectivity index (χ2n) is 4.27. The SMILES string of the molecule is O=C1CC(Sc2cccc(C(=O)O)c2)CCCN1. The average Bonchev–Trinajstić information content (AvgIpc) is 2.54. The van der Waals surface area contributed by atoms with Gasteiger partial charge in [0.05, 0.1) is 5.56 Å². The Kier molecular flexibility index (Phi) is 4.25. The van der Waals surface area contributed by atoms with Crippen molar-refractivity contribution in [1.82, 2.24) is 5.32 Å². The van der Waals surface area contributed by atoms with Gasteiger partial charge in [0.25, 0.3) is 0 Å². The number of aromatic carboxylic acids is 1. The fourth-order valence-electron chi connectivity index (χ4n) is 1.93. The highest BCUT2D eigenvalue weighted by Gasteiger charge is 2.18. The molecule has 0 radical (unpaired) electrons. The third kappa shape index (κ3) is 3.50. The lowest BCUT2D eigenvalue weighted by Gasteiger charge is -2.12. The van der Waals surface area contributed by atoms with Gasteiger partial charge in [-0.1, -0.05) is 6.07 Å². The van der Waals surface area contributed by atoms with Crippen molar-refractivity contribution in [3.05, 3.63) is 29.8 Å². The Balaban J connectivity index is 2.05. The van der Waals surface area contributed by atoms with E-state index in [-0.39, 0.29) is 16.7 Å². The number of benzene rings is 1. The van der Waals surface area contributed by atoms with Crippen molar-refractivity contribution in [3.63, 3.8) is 0 Å². The quantitative estimate of drug-likeness (QED) is 0.878. The zero-order chi connectivity index (χ0) is 13.0. The minimum Gasteiger partial charge on any atom is -0.478 e. The van der Waals surface area contributed by atoms with Crippen molar-refractivity contribution in [2.24, 2.45) is 0 Å². The van der Waals surface area contributed by atoms with E-state index in [1.807, 2.05) is 6.07 Å². The maximum absolute atomic E-state index is 11.4. The average molecular weight is 265 g/mol. The molecule has 1 aliphatic rings. The summed E-state index contributed by atoms with van der Waals surface area (Å²) in [6.07, 6.45) is 2.45. The Hall–Kier alpha value is -1.49. The molecule has 1 aromatic rings.